The van der Waals surface area contributed by atoms with E-state index >= 15 is 0 Å². The van der Waals surface area contributed by atoms with Gasteiger partial charge >= 0.3 is 0 Å². The van der Waals surface area contributed by atoms with E-state index in [4.69, 9.17) is 0 Å². The van der Waals surface area contributed by atoms with Crippen molar-refractivity contribution in [3.63, 3.8) is 0 Å². The molecule has 1 aromatic carbocycles. The number of hydrogen-bond donors (Lipinski definition) is 0. The largest absolute Gasteiger partial charge is 0.102 e. The number of unbranched alkanes of at least 4 members (excludes halogenated alkanes) is 1. The smallest absolute Gasteiger partial charge is 0.00129 e. The second-order valence-electron chi connectivity index (χ2n) is 4.56. The van der Waals surface area contributed by atoms with E-state index < -0.39 is 0 Å². The maximum atomic E-state index is 3.88. The summed E-state index contributed by atoms with van der Waals surface area (Å²) in [4.78, 5) is 0. The van der Waals surface area contributed by atoms with Crippen molar-refractivity contribution in [2.45, 2.75) is 52.4 Å². The minimum Gasteiger partial charge on any atom is -0.102 e. The van der Waals surface area contributed by atoms with Gasteiger partial charge in [0.15, 0.2) is 0 Å². The van der Waals surface area contributed by atoms with Gasteiger partial charge < -0.3 is 0 Å². The van der Waals surface area contributed by atoms with Gasteiger partial charge in [-0.2, -0.15) is 0 Å². The van der Waals surface area contributed by atoms with Crippen LogP contribution < -0.4 is 0 Å². The molecule has 0 aliphatic rings. The van der Waals surface area contributed by atoms with Gasteiger partial charge in [-0.3, -0.25) is 0 Å². The number of aryl methyl sites for hydroxylation is 2. The van der Waals surface area contributed by atoms with E-state index in [1.54, 1.807) is 0 Å². The molecule has 0 heterocycles. The summed E-state index contributed by atoms with van der Waals surface area (Å²) >= 11 is 0. The van der Waals surface area contributed by atoms with Crippen LogP contribution in [0.25, 0.3) is 0 Å². The lowest BCUT2D eigenvalue weighted by Crippen LogP contribution is -1.95. The summed E-state index contributed by atoms with van der Waals surface area (Å²) in [7, 11) is 0. The van der Waals surface area contributed by atoms with Crippen molar-refractivity contribution in [3.05, 3.63) is 47.5 Å². The third-order valence-electron chi connectivity index (χ3n) is 3.18. The highest BCUT2D eigenvalue weighted by Gasteiger charge is 2.04. The van der Waals surface area contributed by atoms with E-state index in [9.17, 15) is 0 Å². The second kappa shape index (κ2) is 6.52. The molecule has 0 aliphatic carbocycles. The molecule has 0 fully saturated rings. The molecule has 1 aromatic rings. The lowest BCUT2D eigenvalue weighted by Gasteiger charge is -2.12. The van der Waals surface area contributed by atoms with Crippen LogP contribution in [0, 0.1) is 0 Å². The number of benzene rings is 1. The monoisotopic (exact) mass is 216 g/mol. The van der Waals surface area contributed by atoms with Crippen molar-refractivity contribution in [3.8, 4) is 0 Å². The molecule has 16 heavy (non-hydrogen) atoms. The predicted molar refractivity (Wildman–Crippen MR) is 73.0 cm³/mol. The van der Waals surface area contributed by atoms with Crippen molar-refractivity contribution in [1.29, 1.82) is 0 Å². The van der Waals surface area contributed by atoms with Crippen LogP contribution in [-0.4, -0.2) is 0 Å². The highest BCUT2D eigenvalue weighted by atomic mass is 14.1. The van der Waals surface area contributed by atoms with E-state index in [1.165, 1.54) is 36.0 Å². The minimum absolute atomic E-state index is 0.465. The third-order valence-corrected chi connectivity index (χ3v) is 3.18. The van der Waals surface area contributed by atoms with E-state index in [0.717, 1.165) is 6.42 Å². The SMILES string of the molecule is C=CC(C)c1cc(CC)cc(CCCC)c1. The van der Waals surface area contributed by atoms with Gasteiger partial charge in [0.2, 0.25) is 0 Å². The van der Waals surface area contributed by atoms with Crippen LogP contribution in [0.2, 0.25) is 0 Å². The lowest BCUT2D eigenvalue weighted by molar-refractivity contribution is 0.791. The van der Waals surface area contributed by atoms with Gasteiger partial charge in [0.05, 0.1) is 0 Å². The van der Waals surface area contributed by atoms with Gasteiger partial charge in [-0.25, -0.2) is 0 Å². The molecule has 88 valence electrons. The first kappa shape index (κ1) is 13.0. The molecule has 0 aliphatic heterocycles. The standard InChI is InChI=1S/C16H24/c1-5-8-9-15-10-14(7-3)11-16(12-15)13(4)6-2/h6,10-13H,2,5,7-9H2,1,3-4H3. The lowest BCUT2D eigenvalue weighted by atomic mass is 9.94. The molecule has 0 amide bonds. The Morgan fingerprint density at radius 1 is 1.19 bits per heavy atom. The van der Waals surface area contributed by atoms with Gasteiger partial charge in [0.1, 0.15) is 0 Å². The Bertz CT molecular complexity index is 336. The van der Waals surface area contributed by atoms with Gasteiger partial charge in [-0.15, -0.1) is 6.58 Å². The first-order chi connectivity index (χ1) is 7.71. The van der Waals surface area contributed by atoms with Crippen LogP contribution in [0.1, 0.15) is 56.2 Å². The van der Waals surface area contributed by atoms with Crippen molar-refractivity contribution >= 4 is 0 Å². The molecule has 0 saturated heterocycles. The Morgan fingerprint density at radius 3 is 2.44 bits per heavy atom. The van der Waals surface area contributed by atoms with Gasteiger partial charge in [0.25, 0.3) is 0 Å². The molecule has 0 bridgehead atoms. The van der Waals surface area contributed by atoms with Gasteiger partial charge in [-0.05, 0) is 41.9 Å². The Balaban J connectivity index is 2.95. The van der Waals surface area contributed by atoms with E-state index in [-0.39, 0.29) is 0 Å². The molecule has 1 unspecified atom stereocenters. The van der Waals surface area contributed by atoms with E-state index in [0.29, 0.717) is 5.92 Å². The van der Waals surface area contributed by atoms with E-state index in [2.05, 4.69) is 45.5 Å². The molecule has 0 N–H and O–H groups in total. The molecular formula is C16H24. The van der Waals surface area contributed by atoms with Crippen molar-refractivity contribution < 1.29 is 0 Å². The first-order valence-electron chi connectivity index (χ1n) is 6.46. The predicted octanol–water partition coefficient (Wildman–Crippen LogP) is 4.88. The Labute approximate surface area is 100 Å². The summed E-state index contributed by atoms with van der Waals surface area (Å²) < 4.78 is 0. The Morgan fingerprint density at radius 2 is 1.88 bits per heavy atom. The zero-order valence-corrected chi connectivity index (χ0v) is 10.9. The molecule has 0 saturated carbocycles. The minimum atomic E-state index is 0.465. The Hall–Kier alpha value is -1.04. The maximum absolute atomic E-state index is 3.88. The fraction of sp³-hybridized carbons (Fsp3) is 0.500. The number of hydrogen-bond acceptors (Lipinski definition) is 0. The van der Waals surface area contributed by atoms with Crippen molar-refractivity contribution in [2.75, 3.05) is 0 Å². The van der Waals surface area contributed by atoms with Crippen LogP contribution in [0.3, 0.4) is 0 Å². The highest BCUT2D eigenvalue weighted by molar-refractivity contribution is 5.33. The summed E-state index contributed by atoms with van der Waals surface area (Å²) in [6, 6.07) is 7.03. The topological polar surface area (TPSA) is 0 Å². The quantitative estimate of drug-likeness (QED) is 0.594. The summed E-state index contributed by atoms with van der Waals surface area (Å²) in [5, 5.41) is 0. The van der Waals surface area contributed by atoms with Gasteiger partial charge in [-0.1, -0.05) is 51.5 Å². The number of allylic oxidation sites excluding steroid dienone is 1. The summed E-state index contributed by atoms with van der Waals surface area (Å²) in [5.41, 5.74) is 4.36. The average molecular weight is 216 g/mol. The first-order valence-corrected chi connectivity index (χ1v) is 6.46. The zero-order chi connectivity index (χ0) is 12.0. The highest BCUT2D eigenvalue weighted by Crippen LogP contribution is 2.21. The normalized spacial score (nSPS) is 12.4. The van der Waals surface area contributed by atoms with Crippen LogP contribution >= 0.6 is 0 Å². The summed E-state index contributed by atoms with van der Waals surface area (Å²) in [6.45, 7) is 10.6. The molecule has 1 atom stereocenters. The molecule has 0 heteroatoms. The summed E-state index contributed by atoms with van der Waals surface area (Å²) in [6.07, 6.45) is 6.91. The fourth-order valence-corrected chi connectivity index (χ4v) is 1.92. The van der Waals surface area contributed by atoms with Crippen LogP contribution in [0.4, 0.5) is 0 Å². The Kier molecular flexibility index (Phi) is 5.31. The fourth-order valence-electron chi connectivity index (χ4n) is 1.92. The van der Waals surface area contributed by atoms with Crippen LogP contribution in [-0.2, 0) is 12.8 Å². The molecule has 1 rings (SSSR count). The van der Waals surface area contributed by atoms with Gasteiger partial charge in [0, 0.05) is 0 Å². The molecule has 0 nitrogen and oxygen atoms in total. The van der Waals surface area contributed by atoms with Crippen molar-refractivity contribution in [2.24, 2.45) is 0 Å². The maximum Gasteiger partial charge on any atom is -0.00129 e. The third kappa shape index (κ3) is 3.52. The average Bonchev–Trinajstić information content (AvgIpc) is 2.34. The number of rotatable bonds is 6. The second-order valence-corrected chi connectivity index (χ2v) is 4.56. The van der Waals surface area contributed by atoms with Crippen LogP contribution in [0.5, 0.6) is 0 Å². The molecule has 0 aromatic heterocycles. The van der Waals surface area contributed by atoms with E-state index in [1.807, 2.05) is 6.08 Å². The van der Waals surface area contributed by atoms with Crippen LogP contribution in [0.15, 0.2) is 30.9 Å². The van der Waals surface area contributed by atoms with Crippen molar-refractivity contribution in [1.82, 2.24) is 0 Å². The zero-order valence-electron chi connectivity index (χ0n) is 10.9. The molecular weight excluding hydrogens is 192 g/mol. The molecule has 0 spiro atoms. The summed E-state index contributed by atoms with van der Waals surface area (Å²) in [5.74, 6) is 0.465. The molecule has 0 radical (unpaired) electrons.